The Hall–Kier alpha value is -1.96. The molecular weight excluding hydrogens is 349 g/mol. The summed E-state index contributed by atoms with van der Waals surface area (Å²) in [6.07, 6.45) is 1.53. The molecule has 2 heterocycles. The number of fused-ring (bicyclic) bond motifs is 1. The molecule has 22 heavy (non-hydrogen) atoms. The molecule has 1 aromatic heterocycles. The Bertz CT molecular complexity index is 751. The summed E-state index contributed by atoms with van der Waals surface area (Å²) in [6.45, 7) is -0.402. The summed E-state index contributed by atoms with van der Waals surface area (Å²) < 4.78 is 0. The summed E-state index contributed by atoms with van der Waals surface area (Å²) in [4.78, 5) is 41.1. The van der Waals surface area contributed by atoms with E-state index in [1.54, 1.807) is 5.38 Å². The fourth-order valence-corrected chi connectivity index (χ4v) is 2.89. The predicted octanol–water partition coefficient (Wildman–Crippen LogP) is 2.68. The van der Waals surface area contributed by atoms with Crippen molar-refractivity contribution in [3.63, 3.8) is 0 Å². The zero-order valence-corrected chi connectivity index (χ0v) is 13.1. The first kappa shape index (κ1) is 15.0. The van der Waals surface area contributed by atoms with Crippen LogP contribution in [0.5, 0.6) is 0 Å². The van der Waals surface area contributed by atoms with Crippen molar-refractivity contribution in [3.8, 4) is 0 Å². The van der Waals surface area contributed by atoms with E-state index in [1.165, 1.54) is 29.7 Å². The van der Waals surface area contributed by atoms with Crippen LogP contribution < -0.4 is 5.32 Å². The van der Waals surface area contributed by atoms with Crippen LogP contribution in [0, 0.1) is 0 Å². The molecule has 1 N–H and O–H groups in total. The molecule has 1 aromatic carbocycles. The Balaban J connectivity index is 1.80. The van der Waals surface area contributed by atoms with E-state index in [-0.39, 0.29) is 21.2 Å². The SMILES string of the molecule is O=C(CN1C(=O)c2cc(Cl)c(Cl)cc2C1=O)Nc1nccs1. The van der Waals surface area contributed by atoms with Crippen molar-refractivity contribution in [2.45, 2.75) is 0 Å². The highest BCUT2D eigenvalue weighted by molar-refractivity contribution is 7.13. The quantitative estimate of drug-likeness (QED) is 0.858. The number of amides is 3. The summed E-state index contributed by atoms with van der Waals surface area (Å²) in [5.41, 5.74) is 0.280. The van der Waals surface area contributed by atoms with Crippen molar-refractivity contribution in [3.05, 3.63) is 44.9 Å². The molecule has 0 saturated carbocycles. The van der Waals surface area contributed by atoms with E-state index in [2.05, 4.69) is 10.3 Å². The van der Waals surface area contributed by atoms with E-state index in [1.807, 2.05) is 0 Å². The van der Waals surface area contributed by atoms with Crippen LogP contribution in [0.25, 0.3) is 0 Å². The van der Waals surface area contributed by atoms with E-state index in [0.29, 0.717) is 5.13 Å². The first-order valence-electron chi connectivity index (χ1n) is 6.02. The number of halogens is 2. The maximum atomic E-state index is 12.2. The summed E-state index contributed by atoms with van der Waals surface area (Å²) in [5, 5.41) is 4.95. The van der Waals surface area contributed by atoms with E-state index < -0.39 is 24.3 Å². The highest BCUT2D eigenvalue weighted by Crippen LogP contribution is 2.31. The van der Waals surface area contributed by atoms with Crippen LogP contribution in [0.3, 0.4) is 0 Å². The third-order valence-electron chi connectivity index (χ3n) is 2.99. The molecule has 0 radical (unpaired) electrons. The molecule has 2 aromatic rings. The predicted molar refractivity (Wildman–Crippen MR) is 82.6 cm³/mol. The van der Waals surface area contributed by atoms with Gasteiger partial charge in [0.2, 0.25) is 5.91 Å². The van der Waals surface area contributed by atoms with Gasteiger partial charge in [0.15, 0.2) is 5.13 Å². The molecular formula is C13H7Cl2N3O3S. The van der Waals surface area contributed by atoms with Gasteiger partial charge in [-0.15, -0.1) is 11.3 Å². The minimum Gasteiger partial charge on any atom is -0.300 e. The average molecular weight is 356 g/mol. The number of nitrogens with zero attached hydrogens (tertiary/aromatic N) is 2. The number of carbonyl (C=O) groups is 3. The number of carbonyl (C=O) groups excluding carboxylic acids is 3. The Morgan fingerprint density at radius 2 is 1.77 bits per heavy atom. The van der Waals surface area contributed by atoms with Crippen LogP contribution in [-0.4, -0.2) is 34.2 Å². The maximum Gasteiger partial charge on any atom is 0.262 e. The Labute approximate surface area is 138 Å². The summed E-state index contributed by atoms with van der Waals surface area (Å²) in [7, 11) is 0. The summed E-state index contributed by atoms with van der Waals surface area (Å²) >= 11 is 12.9. The minimum atomic E-state index is -0.576. The van der Waals surface area contributed by atoms with E-state index in [4.69, 9.17) is 23.2 Å². The van der Waals surface area contributed by atoms with Crippen LogP contribution in [-0.2, 0) is 4.79 Å². The number of anilines is 1. The molecule has 1 aliphatic heterocycles. The molecule has 9 heteroatoms. The number of hydrogen-bond donors (Lipinski definition) is 1. The molecule has 6 nitrogen and oxygen atoms in total. The minimum absolute atomic E-state index is 0.140. The summed E-state index contributed by atoms with van der Waals surface area (Å²) in [6, 6.07) is 2.66. The lowest BCUT2D eigenvalue weighted by Gasteiger charge is -2.12. The maximum absolute atomic E-state index is 12.2. The smallest absolute Gasteiger partial charge is 0.262 e. The molecule has 0 aliphatic carbocycles. The van der Waals surface area contributed by atoms with Gasteiger partial charge in [-0.05, 0) is 12.1 Å². The van der Waals surface area contributed by atoms with E-state index in [0.717, 1.165) is 4.90 Å². The van der Waals surface area contributed by atoms with Crippen LogP contribution in [0.1, 0.15) is 20.7 Å². The molecule has 1 aliphatic rings. The third kappa shape index (κ3) is 2.58. The molecule has 0 atom stereocenters. The second-order valence-electron chi connectivity index (χ2n) is 4.39. The van der Waals surface area contributed by atoms with Crippen molar-refractivity contribution >= 4 is 57.4 Å². The second kappa shape index (κ2) is 5.68. The van der Waals surface area contributed by atoms with E-state index >= 15 is 0 Å². The average Bonchev–Trinajstić information content (AvgIpc) is 3.04. The second-order valence-corrected chi connectivity index (χ2v) is 6.10. The third-order valence-corrected chi connectivity index (χ3v) is 4.40. The van der Waals surface area contributed by atoms with Crippen molar-refractivity contribution in [1.82, 2.24) is 9.88 Å². The largest absolute Gasteiger partial charge is 0.300 e. The molecule has 0 saturated heterocycles. The van der Waals surface area contributed by atoms with Crippen LogP contribution >= 0.6 is 34.5 Å². The van der Waals surface area contributed by atoms with E-state index in [9.17, 15) is 14.4 Å². The number of rotatable bonds is 3. The molecule has 0 unspecified atom stereocenters. The fraction of sp³-hybridized carbons (Fsp3) is 0.0769. The van der Waals surface area contributed by atoms with Gasteiger partial charge in [0.05, 0.1) is 21.2 Å². The summed E-state index contributed by atoms with van der Waals surface area (Å²) in [5.74, 6) is -1.66. The highest BCUT2D eigenvalue weighted by Gasteiger charge is 2.37. The number of thiazole rings is 1. The van der Waals surface area contributed by atoms with Gasteiger partial charge in [-0.3, -0.25) is 19.3 Å². The molecule has 0 bridgehead atoms. The van der Waals surface area contributed by atoms with Crippen molar-refractivity contribution in [1.29, 1.82) is 0 Å². The molecule has 112 valence electrons. The standard InChI is InChI=1S/C13H7Cl2N3O3S/c14-8-3-6-7(4-9(8)15)12(21)18(11(6)20)5-10(19)17-13-16-1-2-22-13/h1-4H,5H2,(H,16,17,19). The number of nitrogens with one attached hydrogen (secondary N) is 1. The first-order valence-corrected chi connectivity index (χ1v) is 7.65. The van der Waals surface area contributed by atoms with Gasteiger partial charge in [0, 0.05) is 11.6 Å². The topological polar surface area (TPSA) is 79.4 Å². The van der Waals surface area contributed by atoms with Gasteiger partial charge in [-0.1, -0.05) is 23.2 Å². The zero-order chi connectivity index (χ0) is 15.9. The molecule has 0 fully saturated rings. The van der Waals surface area contributed by atoms with Crippen LogP contribution in [0.15, 0.2) is 23.7 Å². The number of imide groups is 1. The van der Waals surface area contributed by atoms with Crippen LogP contribution in [0.2, 0.25) is 10.0 Å². The Morgan fingerprint density at radius 3 is 2.27 bits per heavy atom. The highest BCUT2D eigenvalue weighted by atomic mass is 35.5. The number of hydrogen-bond acceptors (Lipinski definition) is 5. The zero-order valence-electron chi connectivity index (χ0n) is 10.8. The van der Waals surface area contributed by atoms with Gasteiger partial charge in [-0.25, -0.2) is 4.98 Å². The lowest BCUT2D eigenvalue weighted by Crippen LogP contribution is -2.37. The first-order chi connectivity index (χ1) is 10.5. The number of benzene rings is 1. The lowest BCUT2D eigenvalue weighted by molar-refractivity contribution is -0.116. The lowest BCUT2D eigenvalue weighted by atomic mass is 10.1. The van der Waals surface area contributed by atoms with Gasteiger partial charge in [-0.2, -0.15) is 0 Å². The van der Waals surface area contributed by atoms with Crippen molar-refractivity contribution in [2.75, 3.05) is 11.9 Å². The number of aromatic nitrogens is 1. The van der Waals surface area contributed by atoms with Crippen molar-refractivity contribution < 1.29 is 14.4 Å². The molecule has 0 spiro atoms. The van der Waals surface area contributed by atoms with Gasteiger partial charge in [0.1, 0.15) is 6.54 Å². The van der Waals surface area contributed by atoms with Crippen molar-refractivity contribution in [2.24, 2.45) is 0 Å². The molecule has 3 rings (SSSR count). The monoisotopic (exact) mass is 355 g/mol. The normalized spacial score (nSPS) is 13.5. The van der Waals surface area contributed by atoms with Gasteiger partial charge in [0.25, 0.3) is 11.8 Å². The van der Waals surface area contributed by atoms with Crippen LogP contribution in [0.4, 0.5) is 5.13 Å². The molecule has 3 amide bonds. The Kier molecular flexibility index (Phi) is 3.86. The Morgan fingerprint density at radius 1 is 1.18 bits per heavy atom. The fourth-order valence-electron chi connectivity index (χ4n) is 2.01. The van der Waals surface area contributed by atoms with Gasteiger partial charge < -0.3 is 5.32 Å². The van der Waals surface area contributed by atoms with Gasteiger partial charge >= 0.3 is 0 Å².